The predicted octanol–water partition coefficient (Wildman–Crippen LogP) is 3.27. The van der Waals surface area contributed by atoms with Crippen molar-refractivity contribution in [3.8, 4) is 11.5 Å². The minimum absolute atomic E-state index is 0.0359. The molecule has 2 aliphatic rings. The second-order valence-corrected chi connectivity index (χ2v) is 9.03. The van der Waals surface area contributed by atoms with Gasteiger partial charge < -0.3 is 14.8 Å². The molecule has 0 radical (unpaired) electrons. The van der Waals surface area contributed by atoms with Gasteiger partial charge in [0.2, 0.25) is 10.0 Å². The normalized spacial score (nSPS) is 17.4. The van der Waals surface area contributed by atoms with Gasteiger partial charge in [-0.2, -0.15) is 4.31 Å². The van der Waals surface area contributed by atoms with E-state index in [-0.39, 0.29) is 10.5 Å². The Balaban J connectivity index is 1.59. The molecule has 0 aliphatic carbocycles. The van der Waals surface area contributed by atoms with E-state index in [0.717, 1.165) is 25.7 Å². The second-order valence-electron chi connectivity index (χ2n) is 7.13. The van der Waals surface area contributed by atoms with Crippen molar-refractivity contribution in [1.82, 2.24) is 4.31 Å². The smallest absolute Gasteiger partial charge is 0.257 e. The van der Waals surface area contributed by atoms with Crippen molar-refractivity contribution < 1.29 is 22.7 Å². The Morgan fingerprint density at radius 2 is 1.62 bits per heavy atom. The lowest BCUT2D eigenvalue weighted by molar-refractivity contribution is 0.102. The average Bonchev–Trinajstić information content (AvgIpc) is 2.99. The lowest BCUT2D eigenvalue weighted by atomic mass is 10.2. The van der Waals surface area contributed by atoms with Crippen LogP contribution in [0.2, 0.25) is 0 Å². The number of hydrogen-bond acceptors (Lipinski definition) is 5. The molecule has 1 amide bonds. The number of nitrogens with zero attached hydrogens (tertiary/aromatic N) is 1. The number of ether oxygens (including phenoxy) is 2. The molecule has 0 spiro atoms. The highest BCUT2D eigenvalue weighted by atomic mass is 32.2. The number of carbonyl (C=O) groups excluding carboxylic acids is 1. The van der Waals surface area contributed by atoms with Crippen molar-refractivity contribution in [3.05, 3.63) is 48.0 Å². The fourth-order valence-corrected chi connectivity index (χ4v) is 5.27. The van der Waals surface area contributed by atoms with Crippen LogP contribution in [-0.4, -0.2) is 44.9 Å². The Labute approximate surface area is 170 Å². The van der Waals surface area contributed by atoms with Gasteiger partial charge in [-0.05, 0) is 37.1 Å². The van der Waals surface area contributed by atoms with Crippen LogP contribution in [0.3, 0.4) is 0 Å². The number of carbonyl (C=O) groups is 1. The largest absolute Gasteiger partial charge is 0.490 e. The standard InChI is InChI=1S/C21H24N2O5S/c24-21(22-16-9-10-18-19(15-16)28-14-6-13-27-18)17-7-2-3-8-20(17)29(25,26)23-11-4-1-5-12-23/h2-3,7-10,15H,1,4-6,11-14H2,(H,22,24). The average molecular weight is 416 g/mol. The van der Waals surface area contributed by atoms with E-state index in [1.807, 2.05) is 0 Å². The Bertz CT molecular complexity index is 1000. The first kappa shape index (κ1) is 19.7. The Morgan fingerprint density at radius 3 is 2.41 bits per heavy atom. The van der Waals surface area contributed by atoms with Gasteiger partial charge in [-0.15, -0.1) is 0 Å². The monoisotopic (exact) mass is 416 g/mol. The molecule has 1 N–H and O–H groups in total. The maximum Gasteiger partial charge on any atom is 0.257 e. The number of amides is 1. The van der Waals surface area contributed by atoms with E-state index in [2.05, 4.69) is 5.32 Å². The van der Waals surface area contributed by atoms with Crippen LogP contribution < -0.4 is 14.8 Å². The van der Waals surface area contributed by atoms with Gasteiger partial charge in [-0.1, -0.05) is 18.6 Å². The molecule has 1 fully saturated rings. The topological polar surface area (TPSA) is 84.9 Å². The summed E-state index contributed by atoms with van der Waals surface area (Å²) in [7, 11) is -3.72. The molecule has 0 bridgehead atoms. The molecule has 29 heavy (non-hydrogen) atoms. The van der Waals surface area contributed by atoms with Crippen LogP contribution in [0.25, 0.3) is 0 Å². The highest BCUT2D eigenvalue weighted by Crippen LogP contribution is 2.32. The molecule has 0 atom stereocenters. The number of fused-ring (bicyclic) bond motifs is 1. The molecular weight excluding hydrogens is 392 g/mol. The third kappa shape index (κ3) is 4.23. The lowest BCUT2D eigenvalue weighted by Crippen LogP contribution is -2.36. The molecule has 154 valence electrons. The van der Waals surface area contributed by atoms with Crippen LogP contribution in [0.4, 0.5) is 5.69 Å². The van der Waals surface area contributed by atoms with E-state index >= 15 is 0 Å². The first-order valence-corrected chi connectivity index (χ1v) is 11.3. The maximum absolute atomic E-state index is 13.1. The number of hydrogen-bond donors (Lipinski definition) is 1. The van der Waals surface area contributed by atoms with Crippen LogP contribution >= 0.6 is 0 Å². The third-order valence-electron chi connectivity index (χ3n) is 5.07. The summed E-state index contributed by atoms with van der Waals surface area (Å²) >= 11 is 0. The molecule has 0 saturated carbocycles. The van der Waals surface area contributed by atoms with E-state index in [1.165, 1.54) is 16.4 Å². The fraction of sp³-hybridized carbons (Fsp3) is 0.381. The van der Waals surface area contributed by atoms with Crippen LogP contribution in [0.5, 0.6) is 11.5 Å². The summed E-state index contributed by atoms with van der Waals surface area (Å²) in [5.74, 6) is 0.721. The van der Waals surface area contributed by atoms with E-state index in [9.17, 15) is 13.2 Å². The molecule has 2 aromatic carbocycles. The number of anilines is 1. The summed E-state index contributed by atoms with van der Waals surface area (Å²) in [5.41, 5.74) is 0.648. The van der Waals surface area contributed by atoms with Gasteiger partial charge in [0.15, 0.2) is 11.5 Å². The molecule has 2 aromatic rings. The van der Waals surface area contributed by atoms with Crippen LogP contribution in [0.15, 0.2) is 47.4 Å². The summed E-state index contributed by atoms with van der Waals surface area (Å²) in [6.07, 6.45) is 3.49. The number of nitrogens with one attached hydrogen (secondary N) is 1. The van der Waals surface area contributed by atoms with Gasteiger partial charge in [0.05, 0.1) is 23.7 Å². The van der Waals surface area contributed by atoms with Gasteiger partial charge in [-0.25, -0.2) is 8.42 Å². The maximum atomic E-state index is 13.1. The zero-order valence-electron chi connectivity index (χ0n) is 16.1. The summed E-state index contributed by atoms with van der Waals surface area (Å²) in [6.45, 7) is 2.10. The first-order valence-electron chi connectivity index (χ1n) is 9.86. The van der Waals surface area contributed by atoms with Gasteiger partial charge >= 0.3 is 0 Å². The zero-order chi connectivity index (χ0) is 20.3. The third-order valence-corrected chi connectivity index (χ3v) is 7.03. The van der Waals surface area contributed by atoms with Gasteiger partial charge in [-0.3, -0.25) is 4.79 Å². The molecule has 7 nitrogen and oxygen atoms in total. The van der Waals surface area contributed by atoms with E-state index in [1.54, 1.807) is 30.3 Å². The number of sulfonamides is 1. The van der Waals surface area contributed by atoms with Gasteiger partial charge in [0.25, 0.3) is 5.91 Å². The van der Waals surface area contributed by atoms with Crippen LogP contribution in [0.1, 0.15) is 36.0 Å². The molecule has 8 heteroatoms. The molecular formula is C21H24N2O5S. The quantitative estimate of drug-likeness (QED) is 0.827. The SMILES string of the molecule is O=C(Nc1ccc2c(c1)OCCCO2)c1ccccc1S(=O)(=O)N1CCCCC1. The van der Waals surface area contributed by atoms with Crippen LogP contribution in [-0.2, 0) is 10.0 Å². The van der Waals surface area contributed by atoms with E-state index < -0.39 is 15.9 Å². The lowest BCUT2D eigenvalue weighted by Gasteiger charge is -2.26. The summed E-state index contributed by atoms with van der Waals surface area (Å²) in [5, 5.41) is 2.79. The minimum atomic E-state index is -3.72. The molecule has 0 unspecified atom stereocenters. The highest BCUT2D eigenvalue weighted by molar-refractivity contribution is 7.89. The number of piperidine rings is 1. The number of rotatable bonds is 4. The van der Waals surface area contributed by atoms with Crippen molar-refractivity contribution in [2.24, 2.45) is 0 Å². The predicted molar refractivity (Wildman–Crippen MR) is 109 cm³/mol. The van der Waals surface area contributed by atoms with Gasteiger partial charge in [0, 0.05) is 31.3 Å². The summed E-state index contributed by atoms with van der Waals surface area (Å²) in [6, 6.07) is 11.5. The summed E-state index contributed by atoms with van der Waals surface area (Å²) < 4.78 is 38.9. The molecule has 2 heterocycles. The second kappa shape index (κ2) is 8.42. The minimum Gasteiger partial charge on any atom is -0.490 e. The molecule has 1 saturated heterocycles. The highest BCUT2D eigenvalue weighted by Gasteiger charge is 2.29. The first-order chi connectivity index (χ1) is 14.1. The Hall–Kier alpha value is -2.58. The number of benzene rings is 2. The van der Waals surface area contributed by atoms with Crippen LogP contribution in [0, 0.1) is 0 Å². The van der Waals surface area contributed by atoms with E-state index in [0.29, 0.717) is 43.5 Å². The van der Waals surface area contributed by atoms with Crippen molar-refractivity contribution in [3.63, 3.8) is 0 Å². The van der Waals surface area contributed by atoms with Crippen molar-refractivity contribution >= 4 is 21.6 Å². The van der Waals surface area contributed by atoms with Crippen molar-refractivity contribution in [2.75, 3.05) is 31.6 Å². The summed E-state index contributed by atoms with van der Waals surface area (Å²) in [4.78, 5) is 13.0. The zero-order valence-corrected chi connectivity index (χ0v) is 16.9. The van der Waals surface area contributed by atoms with Crippen molar-refractivity contribution in [2.45, 2.75) is 30.6 Å². The van der Waals surface area contributed by atoms with E-state index in [4.69, 9.17) is 9.47 Å². The Kier molecular flexibility index (Phi) is 5.73. The molecule has 2 aliphatic heterocycles. The molecule has 4 rings (SSSR count). The fourth-order valence-electron chi connectivity index (χ4n) is 3.56. The van der Waals surface area contributed by atoms with Crippen molar-refractivity contribution in [1.29, 1.82) is 0 Å². The Morgan fingerprint density at radius 1 is 0.897 bits per heavy atom. The molecule has 0 aromatic heterocycles. The van der Waals surface area contributed by atoms with Gasteiger partial charge in [0.1, 0.15) is 0 Å².